The third-order valence-corrected chi connectivity index (χ3v) is 6.57. The van der Waals surface area contributed by atoms with Gasteiger partial charge in [-0.2, -0.15) is 13.2 Å². The number of hydrogen-bond acceptors (Lipinski definition) is 5. The number of amides is 2. The van der Waals surface area contributed by atoms with Crippen LogP contribution in [0.1, 0.15) is 60.5 Å². The maximum absolute atomic E-state index is 12.8. The normalized spacial score (nSPS) is 23.1. The second kappa shape index (κ2) is 9.61. The summed E-state index contributed by atoms with van der Waals surface area (Å²) in [6, 6.07) is 7.22. The predicted molar refractivity (Wildman–Crippen MR) is 121 cm³/mol. The minimum absolute atomic E-state index is 0.0432. The molecule has 2 heterocycles. The number of hydrogen-bond donors (Lipinski definition) is 4. The van der Waals surface area contributed by atoms with Crippen molar-refractivity contribution in [2.75, 3.05) is 12.3 Å². The van der Waals surface area contributed by atoms with Crippen LogP contribution in [0, 0.1) is 0 Å². The molecule has 4 atom stereocenters. The van der Waals surface area contributed by atoms with E-state index in [1.165, 1.54) is 12.1 Å². The molecule has 1 unspecified atom stereocenters. The first kappa shape index (κ1) is 24.0. The number of nitrogens with two attached hydrogens (primary N) is 1. The molecule has 1 fully saturated rings. The van der Waals surface area contributed by atoms with Crippen LogP contribution in [0.2, 0.25) is 0 Å². The quantitative estimate of drug-likeness (QED) is 0.532. The fourth-order valence-electron chi connectivity index (χ4n) is 4.67. The van der Waals surface area contributed by atoms with Crippen LogP contribution in [0.3, 0.4) is 0 Å². The van der Waals surface area contributed by atoms with E-state index in [1.807, 2.05) is 6.07 Å². The van der Waals surface area contributed by atoms with Crippen molar-refractivity contribution in [3.05, 3.63) is 58.8 Å². The number of fused-ring (bicyclic) bond motifs is 1. The van der Waals surface area contributed by atoms with E-state index >= 15 is 0 Å². The summed E-state index contributed by atoms with van der Waals surface area (Å²) in [5.41, 5.74) is 7.62. The number of nitrogens with one attached hydrogen (secondary N) is 3. The van der Waals surface area contributed by atoms with Gasteiger partial charge >= 0.3 is 6.18 Å². The largest absolute Gasteiger partial charge is 0.416 e. The number of nitrogens with zero attached hydrogens (tertiary/aromatic N) is 1. The van der Waals surface area contributed by atoms with Crippen LogP contribution in [0.15, 0.2) is 36.4 Å². The van der Waals surface area contributed by atoms with E-state index in [0.29, 0.717) is 25.2 Å². The van der Waals surface area contributed by atoms with E-state index in [4.69, 9.17) is 5.73 Å². The molecule has 0 radical (unpaired) electrons. The second-order valence-corrected chi connectivity index (χ2v) is 8.95. The topological polar surface area (TPSA) is 109 Å². The van der Waals surface area contributed by atoms with Gasteiger partial charge in [0.05, 0.1) is 17.6 Å². The standard InChI is InChI=1S/C24H28F3N5O2/c1-13(22(33)32-19-8-7-18-17(19)6-9-21(28)31-18)30-23(34)20-12-15(10-11-29-20)14-2-4-16(5-3-14)24(25,26)27/h2-6,9,13,15,19-20,29H,7-8,10-12H2,1H3,(H2,28,31)(H,30,34)(H,32,33)/t13-,15+,19?,20+/m0/s1. The summed E-state index contributed by atoms with van der Waals surface area (Å²) >= 11 is 0. The average Bonchev–Trinajstić information content (AvgIpc) is 3.20. The molecule has 1 aromatic carbocycles. The summed E-state index contributed by atoms with van der Waals surface area (Å²) in [6.45, 7) is 2.18. The second-order valence-electron chi connectivity index (χ2n) is 8.95. The maximum Gasteiger partial charge on any atom is 0.416 e. The van der Waals surface area contributed by atoms with E-state index in [0.717, 1.165) is 41.8 Å². The fourth-order valence-corrected chi connectivity index (χ4v) is 4.67. The van der Waals surface area contributed by atoms with Gasteiger partial charge < -0.3 is 21.7 Å². The summed E-state index contributed by atoms with van der Waals surface area (Å²) in [6.07, 6.45) is -1.78. The lowest BCUT2D eigenvalue weighted by atomic mass is 9.85. The molecule has 1 saturated heterocycles. The molecule has 4 rings (SSSR count). The molecule has 2 aliphatic rings. The first-order valence-corrected chi connectivity index (χ1v) is 11.4. The molecule has 182 valence electrons. The van der Waals surface area contributed by atoms with Gasteiger partial charge in [-0.15, -0.1) is 0 Å². The van der Waals surface area contributed by atoms with Crippen molar-refractivity contribution in [2.24, 2.45) is 0 Å². The molecule has 1 aromatic heterocycles. The van der Waals surface area contributed by atoms with Gasteiger partial charge in [-0.3, -0.25) is 9.59 Å². The number of carbonyl (C=O) groups is 2. The molecule has 0 bridgehead atoms. The summed E-state index contributed by atoms with van der Waals surface area (Å²) in [5, 5.41) is 8.87. The Balaban J connectivity index is 1.32. The Bertz CT molecular complexity index is 1060. The van der Waals surface area contributed by atoms with Gasteiger partial charge in [0.25, 0.3) is 0 Å². The van der Waals surface area contributed by atoms with Gasteiger partial charge in [0, 0.05) is 5.69 Å². The van der Waals surface area contributed by atoms with Crippen molar-refractivity contribution in [3.8, 4) is 0 Å². The molecule has 1 aliphatic heterocycles. The van der Waals surface area contributed by atoms with Gasteiger partial charge in [-0.25, -0.2) is 4.98 Å². The number of rotatable bonds is 5. The highest BCUT2D eigenvalue weighted by atomic mass is 19.4. The molecular formula is C24H28F3N5O2. The molecule has 7 nitrogen and oxygen atoms in total. The van der Waals surface area contributed by atoms with Crippen molar-refractivity contribution in [1.82, 2.24) is 20.9 Å². The van der Waals surface area contributed by atoms with Crippen molar-refractivity contribution in [2.45, 2.75) is 62.8 Å². The SMILES string of the molecule is C[C@H](NC(=O)[C@H]1C[C@H](c2ccc(C(F)(F)F)cc2)CCN1)C(=O)NC1CCc2nc(N)ccc21. The number of halogens is 3. The van der Waals surface area contributed by atoms with Crippen molar-refractivity contribution in [1.29, 1.82) is 0 Å². The monoisotopic (exact) mass is 475 g/mol. The number of carbonyl (C=O) groups excluding carboxylic acids is 2. The smallest absolute Gasteiger partial charge is 0.384 e. The summed E-state index contributed by atoms with van der Waals surface area (Å²) in [7, 11) is 0. The lowest BCUT2D eigenvalue weighted by molar-refractivity contribution is -0.137. The molecular weight excluding hydrogens is 447 g/mol. The van der Waals surface area contributed by atoms with Gasteiger partial charge in [0.1, 0.15) is 11.9 Å². The first-order chi connectivity index (χ1) is 16.1. The molecule has 10 heteroatoms. The Morgan fingerprint density at radius 3 is 2.59 bits per heavy atom. The highest BCUT2D eigenvalue weighted by molar-refractivity contribution is 5.89. The molecule has 0 saturated carbocycles. The Kier molecular flexibility index (Phi) is 6.79. The average molecular weight is 476 g/mol. The van der Waals surface area contributed by atoms with Crippen LogP contribution in [0.25, 0.3) is 0 Å². The molecule has 0 spiro atoms. The summed E-state index contributed by atoms with van der Waals surface area (Å²) < 4.78 is 38.5. The Hall–Kier alpha value is -3.14. The summed E-state index contributed by atoms with van der Waals surface area (Å²) in [5.74, 6) is -0.196. The third-order valence-electron chi connectivity index (χ3n) is 6.57. The molecule has 2 aromatic rings. The minimum Gasteiger partial charge on any atom is -0.384 e. The van der Waals surface area contributed by atoms with Crippen LogP contribution < -0.4 is 21.7 Å². The van der Waals surface area contributed by atoms with Crippen LogP contribution in [-0.4, -0.2) is 35.4 Å². The Labute approximate surface area is 195 Å². The lowest BCUT2D eigenvalue weighted by Crippen LogP contribution is -2.53. The number of benzene rings is 1. The number of piperidine rings is 1. The highest BCUT2D eigenvalue weighted by Crippen LogP contribution is 2.33. The minimum atomic E-state index is -4.38. The number of pyridine rings is 1. The Morgan fingerprint density at radius 1 is 1.15 bits per heavy atom. The number of aryl methyl sites for hydroxylation is 1. The molecule has 1 aliphatic carbocycles. The number of alkyl halides is 3. The zero-order valence-electron chi connectivity index (χ0n) is 18.8. The van der Waals surface area contributed by atoms with Gasteiger partial charge in [0.15, 0.2) is 0 Å². The number of nitrogen functional groups attached to an aromatic ring is 1. The molecule has 34 heavy (non-hydrogen) atoms. The van der Waals surface area contributed by atoms with Crippen LogP contribution >= 0.6 is 0 Å². The van der Waals surface area contributed by atoms with Gasteiger partial charge in [-0.1, -0.05) is 18.2 Å². The van der Waals surface area contributed by atoms with Crippen LogP contribution in [0.5, 0.6) is 0 Å². The van der Waals surface area contributed by atoms with E-state index < -0.39 is 23.8 Å². The zero-order chi connectivity index (χ0) is 24.5. The Morgan fingerprint density at radius 2 is 1.88 bits per heavy atom. The third kappa shape index (κ3) is 5.32. The van der Waals surface area contributed by atoms with Crippen LogP contribution in [0.4, 0.5) is 19.0 Å². The van der Waals surface area contributed by atoms with Gasteiger partial charge in [-0.05, 0) is 74.4 Å². The van der Waals surface area contributed by atoms with E-state index in [9.17, 15) is 22.8 Å². The van der Waals surface area contributed by atoms with Crippen molar-refractivity contribution >= 4 is 17.6 Å². The lowest BCUT2D eigenvalue weighted by Gasteiger charge is -2.31. The predicted octanol–water partition coefficient (Wildman–Crippen LogP) is 2.83. The van der Waals surface area contributed by atoms with E-state index in [-0.39, 0.29) is 23.8 Å². The fraction of sp³-hybridized carbons (Fsp3) is 0.458. The number of anilines is 1. The van der Waals surface area contributed by atoms with E-state index in [2.05, 4.69) is 20.9 Å². The molecule has 2 amide bonds. The van der Waals surface area contributed by atoms with Crippen molar-refractivity contribution in [3.63, 3.8) is 0 Å². The zero-order valence-corrected chi connectivity index (χ0v) is 18.8. The molecule has 5 N–H and O–H groups in total. The van der Waals surface area contributed by atoms with Crippen molar-refractivity contribution < 1.29 is 22.8 Å². The van der Waals surface area contributed by atoms with Crippen LogP contribution in [-0.2, 0) is 22.2 Å². The maximum atomic E-state index is 12.8. The highest BCUT2D eigenvalue weighted by Gasteiger charge is 2.33. The first-order valence-electron chi connectivity index (χ1n) is 11.4. The summed E-state index contributed by atoms with van der Waals surface area (Å²) in [4.78, 5) is 29.8. The number of aromatic nitrogens is 1. The van der Waals surface area contributed by atoms with Gasteiger partial charge in [0.2, 0.25) is 11.8 Å². The van der Waals surface area contributed by atoms with E-state index in [1.54, 1.807) is 13.0 Å².